The van der Waals surface area contributed by atoms with Crippen LogP contribution in [0.2, 0.25) is 10.0 Å². The lowest BCUT2D eigenvalue weighted by Crippen LogP contribution is -2.38. The summed E-state index contributed by atoms with van der Waals surface area (Å²) in [5, 5.41) is 1.15. The van der Waals surface area contributed by atoms with Crippen molar-refractivity contribution in [3.8, 4) is 0 Å². The van der Waals surface area contributed by atoms with Gasteiger partial charge in [0.2, 0.25) is 0 Å². The van der Waals surface area contributed by atoms with Gasteiger partial charge in [-0.05, 0) is 24.3 Å². The van der Waals surface area contributed by atoms with Gasteiger partial charge in [-0.15, -0.1) is 0 Å². The molecule has 1 heterocycles. The minimum absolute atomic E-state index is 0.00927. The van der Waals surface area contributed by atoms with Crippen LogP contribution in [0.1, 0.15) is 50.8 Å². The molecule has 1 fully saturated rings. The normalized spacial score (nSPS) is 25.3. The van der Waals surface area contributed by atoms with Gasteiger partial charge < -0.3 is 0 Å². The van der Waals surface area contributed by atoms with Crippen molar-refractivity contribution in [2.45, 2.75) is 45.1 Å². The van der Waals surface area contributed by atoms with Crippen LogP contribution >= 0.6 is 23.2 Å². The Morgan fingerprint density at radius 3 is 2.79 bits per heavy atom. The van der Waals surface area contributed by atoms with E-state index in [0.29, 0.717) is 21.9 Å². The third-order valence-electron chi connectivity index (χ3n) is 4.23. The summed E-state index contributed by atoms with van der Waals surface area (Å²) in [6, 6.07) is 1.74. The molecule has 106 valence electrons. The van der Waals surface area contributed by atoms with Crippen molar-refractivity contribution in [1.29, 1.82) is 0 Å². The summed E-state index contributed by atoms with van der Waals surface area (Å²) in [6.45, 7) is 2.24. The molecule has 1 aliphatic carbocycles. The van der Waals surface area contributed by atoms with E-state index in [1.807, 2.05) is 0 Å². The molecule has 0 aromatic carbocycles. The molecule has 0 spiro atoms. The predicted molar refractivity (Wildman–Crippen MR) is 80.1 cm³/mol. The Bertz CT molecular complexity index is 425. The summed E-state index contributed by atoms with van der Waals surface area (Å²) in [5.41, 5.74) is 3.74. The summed E-state index contributed by atoms with van der Waals surface area (Å²) in [5.74, 6) is 6.96. The van der Waals surface area contributed by atoms with Crippen LogP contribution in [0.25, 0.3) is 0 Å². The van der Waals surface area contributed by atoms with Crippen molar-refractivity contribution in [1.82, 2.24) is 10.4 Å². The molecule has 0 saturated heterocycles. The van der Waals surface area contributed by atoms with Crippen molar-refractivity contribution in [3.63, 3.8) is 0 Å². The molecule has 3 atom stereocenters. The van der Waals surface area contributed by atoms with Gasteiger partial charge in [0.25, 0.3) is 0 Å². The van der Waals surface area contributed by atoms with E-state index < -0.39 is 0 Å². The van der Waals surface area contributed by atoms with E-state index in [1.54, 1.807) is 12.3 Å². The Kier molecular flexibility index (Phi) is 5.46. The number of nitrogens with one attached hydrogen (secondary N) is 1. The second-order valence-electron chi connectivity index (χ2n) is 5.28. The fourth-order valence-corrected chi connectivity index (χ4v) is 3.74. The molecule has 1 aromatic rings. The first-order chi connectivity index (χ1) is 9.17. The minimum atomic E-state index is 0.00927. The average Bonchev–Trinajstić information content (AvgIpc) is 2.42. The van der Waals surface area contributed by atoms with Crippen molar-refractivity contribution in [2.75, 3.05) is 0 Å². The SMILES string of the molecule is CCC1CCCCC1C(NN)c1ncc(Cl)cc1Cl. The molecule has 19 heavy (non-hydrogen) atoms. The number of aromatic nitrogens is 1. The van der Waals surface area contributed by atoms with Gasteiger partial charge in [-0.2, -0.15) is 0 Å². The highest BCUT2D eigenvalue weighted by Crippen LogP contribution is 2.41. The Morgan fingerprint density at radius 1 is 1.42 bits per heavy atom. The lowest BCUT2D eigenvalue weighted by molar-refractivity contribution is 0.174. The first-order valence-corrected chi connectivity index (χ1v) is 7.70. The van der Waals surface area contributed by atoms with Crippen molar-refractivity contribution >= 4 is 23.2 Å². The second-order valence-corrected chi connectivity index (χ2v) is 6.13. The van der Waals surface area contributed by atoms with Gasteiger partial charge in [0.05, 0.1) is 21.8 Å². The number of hydrogen-bond acceptors (Lipinski definition) is 3. The van der Waals surface area contributed by atoms with E-state index in [0.717, 1.165) is 5.69 Å². The van der Waals surface area contributed by atoms with Crippen LogP contribution < -0.4 is 11.3 Å². The summed E-state index contributed by atoms with van der Waals surface area (Å²) in [6.07, 6.45) is 7.82. The third kappa shape index (κ3) is 3.40. The lowest BCUT2D eigenvalue weighted by atomic mass is 9.73. The van der Waals surface area contributed by atoms with Crippen molar-refractivity contribution in [2.24, 2.45) is 17.7 Å². The smallest absolute Gasteiger partial charge is 0.0776 e. The van der Waals surface area contributed by atoms with Gasteiger partial charge in [0, 0.05) is 6.20 Å². The molecule has 0 radical (unpaired) electrons. The highest BCUT2D eigenvalue weighted by molar-refractivity contribution is 6.34. The van der Waals surface area contributed by atoms with Gasteiger partial charge in [0.1, 0.15) is 0 Å². The molecule has 0 amide bonds. The second kappa shape index (κ2) is 6.89. The Labute approximate surface area is 124 Å². The summed E-state index contributed by atoms with van der Waals surface area (Å²) in [4.78, 5) is 4.39. The predicted octanol–water partition coefficient (Wildman–Crippen LogP) is 4.11. The number of hydrogen-bond donors (Lipinski definition) is 2. The first kappa shape index (κ1) is 15.0. The zero-order valence-corrected chi connectivity index (χ0v) is 12.7. The zero-order chi connectivity index (χ0) is 13.8. The molecular formula is C14H21Cl2N3. The summed E-state index contributed by atoms with van der Waals surface area (Å²) >= 11 is 12.2. The van der Waals surface area contributed by atoms with Crippen LogP contribution in [-0.4, -0.2) is 4.98 Å². The maximum atomic E-state index is 6.27. The standard InChI is InChI=1S/C14H21Cl2N3/c1-2-9-5-3-4-6-11(9)13(19-17)14-12(16)7-10(15)8-18-14/h7-9,11,13,19H,2-6,17H2,1H3. The van der Waals surface area contributed by atoms with Gasteiger partial charge in [-0.1, -0.05) is 55.8 Å². The third-order valence-corrected chi connectivity index (χ3v) is 4.74. The van der Waals surface area contributed by atoms with E-state index in [-0.39, 0.29) is 6.04 Å². The maximum absolute atomic E-state index is 6.27. The van der Waals surface area contributed by atoms with E-state index in [4.69, 9.17) is 29.0 Å². The monoisotopic (exact) mass is 301 g/mol. The number of nitrogens with zero attached hydrogens (tertiary/aromatic N) is 1. The fourth-order valence-electron chi connectivity index (χ4n) is 3.24. The van der Waals surface area contributed by atoms with Crippen LogP contribution in [0.4, 0.5) is 0 Å². The van der Waals surface area contributed by atoms with Gasteiger partial charge in [-0.3, -0.25) is 16.3 Å². The molecule has 0 aliphatic heterocycles. The van der Waals surface area contributed by atoms with E-state index in [9.17, 15) is 0 Å². The highest BCUT2D eigenvalue weighted by atomic mass is 35.5. The molecule has 3 N–H and O–H groups in total. The van der Waals surface area contributed by atoms with Crippen LogP contribution in [0.5, 0.6) is 0 Å². The molecule has 3 unspecified atom stereocenters. The summed E-state index contributed by atoms with van der Waals surface area (Å²) in [7, 11) is 0. The lowest BCUT2D eigenvalue weighted by Gasteiger charge is -2.36. The zero-order valence-electron chi connectivity index (χ0n) is 11.2. The number of pyridine rings is 1. The summed E-state index contributed by atoms with van der Waals surface area (Å²) < 4.78 is 0. The van der Waals surface area contributed by atoms with Crippen molar-refractivity contribution in [3.05, 3.63) is 28.0 Å². The molecule has 1 saturated carbocycles. The van der Waals surface area contributed by atoms with Crippen LogP contribution in [0.3, 0.4) is 0 Å². The van der Waals surface area contributed by atoms with Crippen molar-refractivity contribution < 1.29 is 0 Å². The minimum Gasteiger partial charge on any atom is -0.271 e. The number of hydrazine groups is 1. The highest BCUT2D eigenvalue weighted by Gasteiger charge is 2.33. The quantitative estimate of drug-likeness (QED) is 0.650. The molecule has 1 aliphatic rings. The van der Waals surface area contributed by atoms with E-state index in [1.165, 1.54) is 32.1 Å². The molecule has 2 rings (SSSR count). The number of rotatable bonds is 4. The largest absolute Gasteiger partial charge is 0.271 e. The number of nitrogens with two attached hydrogens (primary N) is 1. The maximum Gasteiger partial charge on any atom is 0.0776 e. The van der Waals surface area contributed by atoms with Gasteiger partial charge in [-0.25, -0.2) is 0 Å². The van der Waals surface area contributed by atoms with E-state index in [2.05, 4.69) is 17.3 Å². The molecule has 1 aromatic heterocycles. The van der Waals surface area contributed by atoms with Crippen LogP contribution in [0.15, 0.2) is 12.3 Å². The molecule has 5 heteroatoms. The van der Waals surface area contributed by atoms with Gasteiger partial charge in [0.15, 0.2) is 0 Å². The Hall–Kier alpha value is -0.350. The average molecular weight is 302 g/mol. The molecule has 0 bridgehead atoms. The topological polar surface area (TPSA) is 50.9 Å². The van der Waals surface area contributed by atoms with Gasteiger partial charge >= 0.3 is 0 Å². The van der Waals surface area contributed by atoms with Crippen LogP contribution in [-0.2, 0) is 0 Å². The Morgan fingerprint density at radius 2 is 2.16 bits per heavy atom. The van der Waals surface area contributed by atoms with E-state index >= 15 is 0 Å². The number of halogens is 2. The fraction of sp³-hybridized carbons (Fsp3) is 0.643. The molecule has 3 nitrogen and oxygen atoms in total. The van der Waals surface area contributed by atoms with Crippen LogP contribution in [0, 0.1) is 11.8 Å². The Balaban J connectivity index is 2.27. The first-order valence-electron chi connectivity index (χ1n) is 6.94. The molecular weight excluding hydrogens is 281 g/mol.